The van der Waals surface area contributed by atoms with E-state index in [9.17, 15) is 0 Å². The third-order valence-corrected chi connectivity index (χ3v) is 5.17. The highest BCUT2D eigenvalue weighted by molar-refractivity contribution is 7.17. The van der Waals surface area contributed by atoms with Crippen LogP contribution in [0, 0.1) is 13.8 Å². The molecule has 1 aromatic carbocycles. The maximum Gasteiger partial charge on any atom is 0.194 e. The lowest BCUT2D eigenvalue weighted by Gasteiger charge is -2.01. The van der Waals surface area contributed by atoms with Gasteiger partial charge >= 0.3 is 0 Å². The van der Waals surface area contributed by atoms with E-state index in [1.807, 2.05) is 11.3 Å². The summed E-state index contributed by atoms with van der Waals surface area (Å²) < 4.78 is 2.38. The lowest BCUT2D eigenvalue weighted by atomic mass is 10.1. The predicted molar refractivity (Wildman–Crippen MR) is 80.0 cm³/mol. The minimum absolute atomic E-state index is 1.14. The Morgan fingerprint density at radius 2 is 1.89 bits per heavy atom. The molecule has 3 aromatic rings. The smallest absolute Gasteiger partial charge is 0.194 e. The molecule has 0 saturated carbocycles. The van der Waals surface area contributed by atoms with Crippen LogP contribution >= 0.6 is 11.3 Å². The van der Waals surface area contributed by atoms with Crippen molar-refractivity contribution in [3.63, 3.8) is 0 Å². The summed E-state index contributed by atoms with van der Waals surface area (Å²) in [6.45, 7) is 4.32. The Kier molecular flexibility index (Phi) is 2.33. The zero-order valence-electron chi connectivity index (χ0n) is 11.2. The number of benzene rings is 1. The van der Waals surface area contributed by atoms with Crippen molar-refractivity contribution in [1.82, 2.24) is 9.38 Å². The van der Waals surface area contributed by atoms with E-state index in [1.54, 1.807) is 4.88 Å². The minimum Gasteiger partial charge on any atom is -0.291 e. The van der Waals surface area contributed by atoms with Gasteiger partial charge in [-0.05, 0) is 33.1 Å². The summed E-state index contributed by atoms with van der Waals surface area (Å²) in [6, 6.07) is 8.67. The third-order valence-electron chi connectivity index (χ3n) is 4.03. The molecule has 1 aliphatic rings. The quantitative estimate of drug-likeness (QED) is 0.647. The second-order valence-corrected chi connectivity index (χ2v) is 6.42. The van der Waals surface area contributed by atoms with E-state index in [1.165, 1.54) is 41.8 Å². The van der Waals surface area contributed by atoms with Gasteiger partial charge in [0.2, 0.25) is 0 Å². The number of thiazole rings is 1. The Morgan fingerprint density at radius 3 is 2.68 bits per heavy atom. The Labute approximate surface area is 116 Å². The van der Waals surface area contributed by atoms with Gasteiger partial charge in [0.25, 0.3) is 0 Å². The van der Waals surface area contributed by atoms with E-state index in [-0.39, 0.29) is 0 Å². The summed E-state index contributed by atoms with van der Waals surface area (Å²) in [7, 11) is 0. The molecule has 96 valence electrons. The van der Waals surface area contributed by atoms with Crippen molar-refractivity contribution in [3.05, 3.63) is 46.1 Å². The van der Waals surface area contributed by atoms with Gasteiger partial charge in [-0.1, -0.05) is 29.8 Å². The number of nitrogens with zero attached hydrogens (tertiary/aromatic N) is 2. The average molecular weight is 268 g/mol. The molecule has 2 heterocycles. The Hall–Kier alpha value is -1.61. The molecular formula is C16H16N2S. The molecule has 0 radical (unpaired) electrons. The first-order chi connectivity index (χ1) is 9.24. The number of imidazole rings is 1. The molecule has 0 aliphatic heterocycles. The fraction of sp³-hybridized carbons (Fsp3) is 0.312. The lowest BCUT2D eigenvalue weighted by molar-refractivity contribution is 0.882. The number of hydrogen-bond donors (Lipinski definition) is 0. The van der Waals surface area contributed by atoms with E-state index in [0.717, 1.165) is 10.7 Å². The molecule has 0 spiro atoms. The molecule has 0 amide bonds. The number of rotatable bonds is 1. The van der Waals surface area contributed by atoms with Crippen LogP contribution in [0.3, 0.4) is 0 Å². The first-order valence-corrected chi connectivity index (χ1v) is 7.62. The average Bonchev–Trinajstić information content (AvgIpc) is 3.03. The van der Waals surface area contributed by atoms with Crippen LogP contribution in [0.5, 0.6) is 0 Å². The topological polar surface area (TPSA) is 17.3 Å². The molecule has 0 fully saturated rings. The molecule has 3 heteroatoms. The second kappa shape index (κ2) is 3.94. The van der Waals surface area contributed by atoms with E-state index >= 15 is 0 Å². The molecule has 2 aromatic heterocycles. The van der Waals surface area contributed by atoms with Crippen LogP contribution in [0.4, 0.5) is 0 Å². The van der Waals surface area contributed by atoms with Crippen LogP contribution in [0.1, 0.15) is 28.2 Å². The SMILES string of the molecule is Cc1ccc(-c2nc3sc4c(n3c2C)CCC4)cc1. The summed E-state index contributed by atoms with van der Waals surface area (Å²) in [6.07, 6.45) is 3.75. The maximum atomic E-state index is 4.86. The van der Waals surface area contributed by atoms with Gasteiger partial charge in [0.15, 0.2) is 4.96 Å². The molecule has 0 saturated heterocycles. The minimum atomic E-state index is 1.14. The molecule has 2 nitrogen and oxygen atoms in total. The van der Waals surface area contributed by atoms with Gasteiger partial charge in [0.05, 0.1) is 5.69 Å². The highest BCUT2D eigenvalue weighted by Gasteiger charge is 2.22. The van der Waals surface area contributed by atoms with Crippen LogP contribution in [0.25, 0.3) is 16.2 Å². The van der Waals surface area contributed by atoms with Crippen molar-refractivity contribution in [3.8, 4) is 11.3 Å². The van der Waals surface area contributed by atoms with Crippen LogP contribution in [0.15, 0.2) is 24.3 Å². The molecule has 19 heavy (non-hydrogen) atoms. The maximum absolute atomic E-state index is 4.86. The van der Waals surface area contributed by atoms with Crippen molar-refractivity contribution in [2.24, 2.45) is 0 Å². The van der Waals surface area contributed by atoms with Gasteiger partial charge in [-0.3, -0.25) is 4.40 Å². The number of hydrogen-bond acceptors (Lipinski definition) is 2. The van der Waals surface area contributed by atoms with E-state index in [4.69, 9.17) is 4.98 Å². The van der Waals surface area contributed by atoms with Crippen molar-refractivity contribution in [2.75, 3.05) is 0 Å². The fourth-order valence-electron chi connectivity index (χ4n) is 3.00. The van der Waals surface area contributed by atoms with Gasteiger partial charge < -0.3 is 0 Å². The largest absolute Gasteiger partial charge is 0.291 e. The first-order valence-electron chi connectivity index (χ1n) is 6.80. The summed E-state index contributed by atoms with van der Waals surface area (Å²) in [5.74, 6) is 0. The summed E-state index contributed by atoms with van der Waals surface area (Å²) in [5, 5.41) is 0. The number of aryl methyl sites for hydroxylation is 4. The molecular weight excluding hydrogens is 252 g/mol. The standard InChI is InChI=1S/C16H16N2S/c1-10-6-8-12(9-7-10)15-11(2)18-13-4-3-5-14(13)19-16(18)17-15/h6-9H,3-5H2,1-2H3. The van der Waals surface area contributed by atoms with E-state index in [2.05, 4.69) is 42.5 Å². The Bertz CT molecular complexity index is 762. The van der Waals surface area contributed by atoms with Gasteiger partial charge in [-0.2, -0.15) is 0 Å². The molecule has 0 bridgehead atoms. The van der Waals surface area contributed by atoms with Crippen LogP contribution < -0.4 is 0 Å². The summed E-state index contributed by atoms with van der Waals surface area (Å²) in [5.41, 5.74) is 6.46. The van der Waals surface area contributed by atoms with Gasteiger partial charge in [-0.15, -0.1) is 11.3 Å². The Morgan fingerprint density at radius 1 is 1.11 bits per heavy atom. The molecule has 4 rings (SSSR count). The van der Waals surface area contributed by atoms with Gasteiger partial charge in [0, 0.05) is 21.8 Å². The highest BCUT2D eigenvalue weighted by Crippen LogP contribution is 2.35. The van der Waals surface area contributed by atoms with Gasteiger partial charge in [0.1, 0.15) is 0 Å². The van der Waals surface area contributed by atoms with Crippen molar-refractivity contribution in [2.45, 2.75) is 33.1 Å². The Balaban J connectivity index is 1.94. The zero-order valence-corrected chi connectivity index (χ0v) is 12.0. The van der Waals surface area contributed by atoms with Crippen molar-refractivity contribution < 1.29 is 0 Å². The second-order valence-electron chi connectivity index (χ2n) is 5.36. The molecule has 0 atom stereocenters. The molecule has 0 unspecified atom stereocenters. The highest BCUT2D eigenvalue weighted by atomic mass is 32.1. The first kappa shape index (κ1) is 11.2. The van der Waals surface area contributed by atoms with Crippen LogP contribution in [0.2, 0.25) is 0 Å². The third kappa shape index (κ3) is 1.58. The van der Waals surface area contributed by atoms with Crippen LogP contribution in [-0.2, 0) is 12.8 Å². The number of fused-ring (bicyclic) bond motifs is 3. The van der Waals surface area contributed by atoms with E-state index in [0.29, 0.717) is 0 Å². The van der Waals surface area contributed by atoms with Gasteiger partial charge in [-0.25, -0.2) is 4.98 Å². The lowest BCUT2D eigenvalue weighted by Crippen LogP contribution is -1.91. The summed E-state index contributed by atoms with van der Waals surface area (Å²) in [4.78, 5) is 7.56. The van der Waals surface area contributed by atoms with Crippen molar-refractivity contribution in [1.29, 1.82) is 0 Å². The van der Waals surface area contributed by atoms with Crippen LogP contribution in [-0.4, -0.2) is 9.38 Å². The monoisotopic (exact) mass is 268 g/mol. The fourth-order valence-corrected chi connectivity index (χ4v) is 4.26. The zero-order chi connectivity index (χ0) is 13.0. The van der Waals surface area contributed by atoms with Crippen molar-refractivity contribution >= 4 is 16.3 Å². The number of aromatic nitrogens is 2. The normalized spacial score (nSPS) is 14.2. The molecule has 0 N–H and O–H groups in total. The van der Waals surface area contributed by atoms with E-state index < -0.39 is 0 Å². The molecule has 1 aliphatic carbocycles. The summed E-state index contributed by atoms with van der Waals surface area (Å²) >= 11 is 1.87. The predicted octanol–water partition coefficient (Wildman–Crippen LogP) is 4.17.